The summed E-state index contributed by atoms with van der Waals surface area (Å²) in [6.07, 6.45) is 1.54. The zero-order valence-corrected chi connectivity index (χ0v) is 17.9. The van der Waals surface area contributed by atoms with Gasteiger partial charge in [-0.3, -0.25) is 9.78 Å². The summed E-state index contributed by atoms with van der Waals surface area (Å²) in [6.45, 7) is -8.74. The lowest BCUT2D eigenvalue weighted by atomic mass is 9.97. The molecule has 0 saturated carbocycles. The molecule has 0 bridgehead atoms. The molecule has 0 saturated heterocycles. The summed E-state index contributed by atoms with van der Waals surface area (Å²) >= 11 is 0. The van der Waals surface area contributed by atoms with Crippen LogP contribution in [0.15, 0.2) is 79.1 Å². The minimum Gasteiger partial charge on any atom is -0.457 e. The van der Waals surface area contributed by atoms with Crippen LogP contribution in [0.5, 0.6) is 0 Å². The summed E-state index contributed by atoms with van der Waals surface area (Å²) < 4.78 is 84.1. The number of hydrogen-bond donors (Lipinski definition) is 2. The normalized spacial score (nSPS) is 18.1. The van der Waals surface area contributed by atoms with E-state index in [4.69, 9.17) is 24.2 Å². The number of nitrogens with zero attached hydrogens (tertiary/aromatic N) is 1. The van der Waals surface area contributed by atoms with Crippen molar-refractivity contribution in [3.8, 4) is 0 Å². The molecule has 172 valence electrons. The van der Waals surface area contributed by atoms with Crippen molar-refractivity contribution in [2.75, 3.05) is 11.9 Å². The van der Waals surface area contributed by atoms with Crippen LogP contribution in [-0.2, 0) is 16.1 Å². The Morgan fingerprint density at radius 3 is 2.74 bits per heavy atom. The average Bonchev–Trinajstić information content (AvgIpc) is 2.95. The maximum atomic E-state index is 13.2. The van der Waals surface area contributed by atoms with Gasteiger partial charge in [-0.2, -0.15) is 0 Å². The standard InChI is InChI=1S/C28H27N3O3/c1-18-3-10-25(19(2)13-18)28(33)34-17-20-4-6-21(7-5-20)26(15-29)27(32)31-24-9-8-23-16-30-12-11-22(23)14-24/h3-14,16,26H,15,17,29H2,1-2H3,(H,31,32)/i1D3,2D3,16D,17D2,26D. The molecule has 1 heterocycles. The Bertz CT molecular complexity index is 1720. The first-order valence-corrected chi connectivity index (χ1v) is 10.2. The zero-order valence-electron chi connectivity index (χ0n) is 27.9. The van der Waals surface area contributed by atoms with Gasteiger partial charge in [-0.1, -0.05) is 48.0 Å². The minimum absolute atomic E-state index is 0.0759. The Balaban J connectivity index is 1.56. The van der Waals surface area contributed by atoms with E-state index in [0.717, 1.165) is 18.2 Å². The number of hydrogen-bond acceptors (Lipinski definition) is 5. The molecule has 1 unspecified atom stereocenters. The molecule has 1 atom stereocenters. The molecule has 34 heavy (non-hydrogen) atoms. The van der Waals surface area contributed by atoms with Crippen molar-refractivity contribution in [3.05, 3.63) is 107 Å². The van der Waals surface area contributed by atoms with Gasteiger partial charge in [-0.15, -0.1) is 0 Å². The topological polar surface area (TPSA) is 94.3 Å². The quantitative estimate of drug-likeness (QED) is 0.381. The number of fused-ring (bicyclic) bond motifs is 1. The molecule has 1 amide bonds. The maximum absolute atomic E-state index is 13.2. The van der Waals surface area contributed by atoms with E-state index in [-0.39, 0.29) is 22.9 Å². The van der Waals surface area contributed by atoms with Gasteiger partial charge in [-0.25, -0.2) is 4.79 Å². The number of nitrogens with one attached hydrogen (secondary N) is 1. The third-order valence-corrected chi connectivity index (χ3v) is 5.04. The van der Waals surface area contributed by atoms with Gasteiger partial charge in [0.25, 0.3) is 0 Å². The summed E-state index contributed by atoms with van der Waals surface area (Å²) in [6, 6.07) is 14.4. The van der Waals surface area contributed by atoms with Crippen molar-refractivity contribution in [2.24, 2.45) is 5.73 Å². The number of aryl methyl sites for hydroxylation is 2. The molecule has 4 rings (SSSR count). The van der Waals surface area contributed by atoms with Gasteiger partial charge in [-0.05, 0) is 60.0 Å². The van der Waals surface area contributed by atoms with Gasteiger partial charge in [0.1, 0.15) is 6.56 Å². The van der Waals surface area contributed by atoms with Gasteiger partial charge in [0, 0.05) is 39.6 Å². The number of nitrogens with two attached hydrogens (primary N) is 1. The highest BCUT2D eigenvalue weighted by Gasteiger charge is 2.19. The lowest BCUT2D eigenvalue weighted by molar-refractivity contribution is -0.117. The maximum Gasteiger partial charge on any atom is 0.338 e. The van der Waals surface area contributed by atoms with Gasteiger partial charge in [0.15, 0.2) is 0 Å². The van der Waals surface area contributed by atoms with E-state index in [0.29, 0.717) is 16.5 Å². The van der Waals surface area contributed by atoms with Gasteiger partial charge < -0.3 is 15.8 Å². The Hall–Kier alpha value is -4.03. The number of rotatable bonds is 7. The summed E-state index contributed by atoms with van der Waals surface area (Å²) in [4.78, 5) is 30.0. The van der Waals surface area contributed by atoms with E-state index in [1.165, 1.54) is 30.5 Å². The highest BCUT2D eigenvalue weighted by atomic mass is 16.5. The van der Waals surface area contributed by atoms with E-state index in [1.807, 2.05) is 0 Å². The lowest BCUT2D eigenvalue weighted by Crippen LogP contribution is -2.27. The number of pyridine rings is 1. The Morgan fingerprint density at radius 2 is 1.97 bits per heavy atom. The zero-order chi connectivity index (χ0) is 32.7. The predicted octanol–water partition coefficient (Wildman–Crippen LogP) is 4.89. The summed E-state index contributed by atoms with van der Waals surface area (Å²) in [5, 5.41) is 3.89. The Morgan fingerprint density at radius 1 is 1.12 bits per heavy atom. The number of amides is 1. The molecule has 0 aliphatic carbocycles. The fraction of sp³-hybridized carbons (Fsp3) is 0.179. The predicted molar refractivity (Wildman–Crippen MR) is 134 cm³/mol. The molecule has 1 aromatic heterocycles. The highest BCUT2D eigenvalue weighted by Crippen LogP contribution is 2.22. The monoisotopic (exact) mass is 463 g/mol. The molecule has 0 radical (unpaired) electrons. The van der Waals surface area contributed by atoms with Crippen molar-refractivity contribution in [1.82, 2.24) is 4.98 Å². The third kappa shape index (κ3) is 5.30. The number of carbonyl (C=O) groups excluding carboxylic acids is 2. The second kappa shape index (κ2) is 10.3. The van der Waals surface area contributed by atoms with Crippen LogP contribution in [0.3, 0.4) is 0 Å². The van der Waals surface area contributed by atoms with Crippen LogP contribution in [0.4, 0.5) is 5.69 Å². The number of anilines is 1. The first-order valence-electron chi connectivity index (χ1n) is 15.2. The largest absolute Gasteiger partial charge is 0.457 e. The van der Waals surface area contributed by atoms with E-state index in [2.05, 4.69) is 10.3 Å². The smallest absolute Gasteiger partial charge is 0.338 e. The molecule has 0 fully saturated rings. The van der Waals surface area contributed by atoms with Gasteiger partial charge in [0.2, 0.25) is 5.91 Å². The van der Waals surface area contributed by atoms with Crippen LogP contribution in [0.1, 0.15) is 52.2 Å². The molecule has 0 aliphatic rings. The van der Waals surface area contributed by atoms with Crippen LogP contribution in [0.25, 0.3) is 10.8 Å². The van der Waals surface area contributed by atoms with E-state index >= 15 is 0 Å². The van der Waals surface area contributed by atoms with E-state index in [9.17, 15) is 9.59 Å². The van der Waals surface area contributed by atoms with Crippen LogP contribution in [-0.4, -0.2) is 23.4 Å². The van der Waals surface area contributed by atoms with Crippen molar-refractivity contribution >= 4 is 28.3 Å². The molecule has 6 heteroatoms. The second-order valence-electron chi connectivity index (χ2n) is 7.32. The number of carbonyl (C=O) groups is 2. The number of benzene rings is 3. The van der Waals surface area contributed by atoms with Crippen molar-refractivity contribution in [2.45, 2.75) is 26.2 Å². The molecular weight excluding hydrogens is 426 g/mol. The molecule has 0 aliphatic heterocycles. The fourth-order valence-corrected chi connectivity index (χ4v) is 3.27. The summed E-state index contributed by atoms with van der Waals surface area (Å²) in [5.74, 6) is -4.09. The Kier molecular flexibility index (Phi) is 4.12. The number of aromatic nitrogens is 1. The molecule has 0 spiro atoms. The number of ether oxygens (including phenoxy) is 1. The first kappa shape index (κ1) is 13.6. The molecule has 4 aromatic rings. The fourth-order valence-electron chi connectivity index (χ4n) is 3.27. The summed E-state index contributed by atoms with van der Waals surface area (Å²) in [5.41, 5.74) is 4.71. The molecule has 3 aromatic carbocycles. The lowest BCUT2D eigenvalue weighted by Gasteiger charge is -2.16. The van der Waals surface area contributed by atoms with Crippen LogP contribution < -0.4 is 11.1 Å². The van der Waals surface area contributed by atoms with Crippen molar-refractivity contribution in [3.63, 3.8) is 0 Å². The van der Waals surface area contributed by atoms with Crippen LogP contribution in [0, 0.1) is 13.7 Å². The third-order valence-electron chi connectivity index (χ3n) is 5.04. The summed E-state index contributed by atoms with van der Waals surface area (Å²) in [7, 11) is 0. The van der Waals surface area contributed by atoms with E-state index in [1.54, 1.807) is 24.3 Å². The average molecular weight is 464 g/mol. The molecule has 6 nitrogen and oxygen atoms in total. The van der Waals surface area contributed by atoms with Gasteiger partial charge >= 0.3 is 5.97 Å². The molecule has 3 N–H and O–H groups in total. The minimum atomic E-state index is -2.89. The van der Waals surface area contributed by atoms with Crippen molar-refractivity contribution < 1.29 is 28.0 Å². The Labute approximate surface area is 212 Å². The van der Waals surface area contributed by atoms with Crippen LogP contribution in [0.2, 0.25) is 0 Å². The molecular formula is C28H27N3O3. The van der Waals surface area contributed by atoms with Crippen molar-refractivity contribution in [1.29, 1.82) is 0 Å². The van der Waals surface area contributed by atoms with Gasteiger partial charge in [0.05, 0.1) is 15.6 Å². The first-order chi connectivity index (χ1) is 20.4. The second-order valence-corrected chi connectivity index (χ2v) is 7.32. The number of esters is 1. The van der Waals surface area contributed by atoms with E-state index < -0.39 is 55.7 Å². The highest BCUT2D eigenvalue weighted by molar-refractivity contribution is 5.98. The van der Waals surface area contributed by atoms with Crippen LogP contribution >= 0.6 is 0 Å². The SMILES string of the molecule is [2H]c1nccc2cc(NC(=O)C([2H])(CN)c3ccc(C([2H])([2H])OC(=O)c4ccc(C([2H])([2H])[2H])cc4C([2H])([2H])[2H])cc3)ccc12.